The molecule has 22 heavy (non-hydrogen) atoms. The maximum Gasteiger partial charge on any atom is 0.335 e. The van der Waals surface area contributed by atoms with Gasteiger partial charge in [0.2, 0.25) is 11.8 Å². The molecule has 1 aliphatic heterocycles. The smallest absolute Gasteiger partial charge is 0.335 e. The van der Waals surface area contributed by atoms with Crippen molar-refractivity contribution >= 4 is 17.8 Å². The zero-order chi connectivity index (χ0) is 16.1. The van der Waals surface area contributed by atoms with Gasteiger partial charge in [0, 0.05) is 13.0 Å². The van der Waals surface area contributed by atoms with Crippen molar-refractivity contribution in [3.8, 4) is 0 Å². The number of hydrogen-bond donors (Lipinski definition) is 3. The van der Waals surface area contributed by atoms with Gasteiger partial charge < -0.3 is 20.9 Å². The van der Waals surface area contributed by atoms with E-state index in [2.05, 4.69) is 5.32 Å². The Morgan fingerprint density at radius 2 is 2.00 bits per heavy atom. The molecule has 0 aliphatic carbocycles. The first-order valence-electron chi connectivity index (χ1n) is 6.97. The molecule has 7 nitrogen and oxygen atoms in total. The molecule has 4 N–H and O–H groups in total. The standard InChI is InChI=1S/C15H18N2O5/c16-13(18)12(17-14(19)11-5-6-22-8-11)7-9-1-3-10(4-2-9)15(20)21/h1-4,11-12H,5-8H2,(H2,16,18)(H,17,19)(H,20,21)/t11-,12+/m0/s1. The zero-order valence-electron chi connectivity index (χ0n) is 12.0. The maximum absolute atomic E-state index is 12.0. The molecule has 2 atom stereocenters. The Hall–Kier alpha value is -2.41. The molecule has 2 amide bonds. The van der Waals surface area contributed by atoms with Crippen molar-refractivity contribution in [1.29, 1.82) is 0 Å². The Balaban J connectivity index is 2.00. The lowest BCUT2D eigenvalue weighted by Gasteiger charge is -2.17. The Morgan fingerprint density at radius 1 is 1.32 bits per heavy atom. The largest absolute Gasteiger partial charge is 0.478 e. The molecule has 0 bridgehead atoms. The summed E-state index contributed by atoms with van der Waals surface area (Å²) in [5.41, 5.74) is 6.21. The van der Waals surface area contributed by atoms with Gasteiger partial charge in [0.1, 0.15) is 6.04 Å². The van der Waals surface area contributed by atoms with E-state index in [-0.39, 0.29) is 23.8 Å². The fourth-order valence-electron chi connectivity index (χ4n) is 2.27. The summed E-state index contributed by atoms with van der Waals surface area (Å²) < 4.78 is 5.14. The van der Waals surface area contributed by atoms with E-state index in [1.165, 1.54) is 12.1 Å². The van der Waals surface area contributed by atoms with Crippen molar-refractivity contribution in [1.82, 2.24) is 5.32 Å². The third-order valence-electron chi connectivity index (χ3n) is 3.60. The van der Waals surface area contributed by atoms with Crippen LogP contribution in [-0.4, -0.2) is 42.1 Å². The molecular formula is C15H18N2O5. The van der Waals surface area contributed by atoms with Gasteiger partial charge in [0.25, 0.3) is 0 Å². The molecule has 0 aromatic heterocycles. The predicted octanol–water partition coefficient (Wildman–Crippen LogP) is -0.0661. The monoisotopic (exact) mass is 306 g/mol. The van der Waals surface area contributed by atoms with Crippen LogP contribution in [0.1, 0.15) is 22.3 Å². The van der Waals surface area contributed by atoms with Crippen LogP contribution in [0.4, 0.5) is 0 Å². The van der Waals surface area contributed by atoms with Crippen molar-refractivity contribution in [3.63, 3.8) is 0 Å². The molecule has 1 aliphatic rings. The summed E-state index contributed by atoms with van der Waals surface area (Å²) in [6.07, 6.45) is 0.846. The van der Waals surface area contributed by atoms with E-state index in [4.69, 9.17) is 15.6 Å². The number of benzene rings is 1. The third-order valence-corrected chi connectivity index (χ3v) is 3.60. The summed E-state index contributed by atoms with van der Waals surface area (Å²) in [5.74, 6) is -2.15. The normalized spacial score (nSPS) is 18.6. The van der Waals surface area contributed by atoms with E-state index in [1.54, 1.807) is 12.1 Å². The van der Waals surface area contributed by atoms with E-state index in [1.807, 2.05) is 0 Å². The molecule has 2 rings (SSSR count). The van der Waals surface area contributed by atoms with Crippen LogP contribution < -0.4 is 11.1 Å². The number of carbonyl (C=O) groups excluding carboxylic acids is 2. The highest BCUT2D eigenvalue weighted by atomic mass is 16.5. The summed E-state index contributed by atoms with van der Waals surface area (Å²) >= 11 is 0. The summed E-state index contributed by atoms with van der Waals surface area (Å²) in [6.45, 7) is 0.889. The first kappa shape index (κ1) is 16.0. The quantitative estimate of drug-likeness (QED) is 0.680. The summed E-state index contributed by atoms with van der Waals surface area (Å²) in [6, 6.07) is 5.27. The number of ether oxygens (including phenoxy) is 1. The minimum absolute atomic E-state index is 0.159. The number of carboxylic acid groups (broad SMARTS) is 1. The van der Waals surface area contributed by atoms with Crippen LogP contribution >= 0.6 is 0 Å². The summed E-state index contributed by atoms with van der Waals surface area (Å²) in [4.78, 5) is 34.3. The Kier molecular flexibility index (Phi) is 5.11. The molecule has 0 saturated carbocycles. The fraction of sp³-hybridized carbons (Fsp3) is 0.400. The van der Waals surface area contributed by atoms with Gasteiger partial charge in [0.15, 0.2) is 0 Å². The molecule has 0 unspecified atom stereocenters. The van der Waals surface area contributed by atoms with Crippen molar-refractivity contribution < 1.29 is 24.2 Å². The molecule has 0 spiro atoms. The number of hydrogen-bond acceptors (Lipinski definition) is 4. The number of rotatable bonds is 6. The minimum atomic E-state index is -1.02. The number of carboxylic acids is 1. The molecule has 1 aromatic rings. The van der Waals surface area contributed by atoms with Gasteiger partial charge >= 0.3 is 5.97 Å². The first-order chi connectivity index (χ1) is 10.5. The van der Waals surface area contributed by atoms with Gasteiger partial charge in [-0.05, 0) is 24.1 Å². The molecule has 1 heterocycles. The van der Waals surface area contributed by atoms with Gasteiger partial charge in [-0.25, -0.2) is 4.79 Å². The number of aromatic carboxylic acids is 1. The fourth-order valence-corrected chi connectivity index (χ4v) is 2.27. The molecule has 1 aromatic carbocycles. The van der Waals surface area contributed by atoms with Crippen molar-refractivity contribution in [3.05, 3.63) is 35.4 Å². The third kappa shape index (κ3) is 4.05. The highest BCUT2D eigenvalue weighted by molar-refractivity contribution is 5.88. The van der Waals surface area contributed by atoms with Crippen molar-refractivity contribution in [2.75, 3.05) is 13.2 Å². The first-order valence-corrected chi connectivity index (χ1v) is 6.97. The highest BCUT2D eigenvalue weighted by Gasteiger charge is 2.27. The Labute approximate surface area is 127 Å². The van der Waals surface area contributed by atoms with Crippen LogP contribution in [0.5, 0.6) is 0 Å². The zero-order valence-corrected chi connectivity index (χ0v) is 12.0. The van der Waals surface area contributed by atoms with Gasteiger partial charge in [-0.1, -0.05) is 12.1 Å². The van der Waals surface area contributed by atoms with E-state index in [9.17, 15) is 14.4 Å². The molecule has 1 saturated heterocycles. The lowest BCUT2D eigenvalue weighted by atomic mass is 10.0. The Bertz CT molecular complexity index is 564. The molecule has 118 valence electrons. The van der Waals surface area contributed by atoms with E-state index < -0.39 is 17.9 Å². The second-order valence-electron chi connectivity index (χ2n) is 5.23. The van der Waals surface area contributed by atoms with E-state index in [0.717, 1.165) is 5.56 Å². The SMILES string of the molecule is NC(=O)[C@@H](Cc1ccc(C(=O)O)cc1)NC(=O)[C@H]1CCOC1. The second-order valence-corrected chi connectivity index (χ2v) is 5.23. The van der Waals surface area contributed by atoms with Gasteiger partial charge in [-0.3, -0.25) is 9.59 Å². The lowest BCUT2D eigenvalue weighted by molar-refractivity contribution is -0.129. The average Bonchev–Trinajstić information content (AvgIpc) is 3.01. The van der Waals surface area contributed by atoms with E-state index >= 15 is 0 Å². The average molecular weight is 306 g/mol. The lowest BCUT2D eigenvalue weighted by Crippen LogP contribution is -2.48. The summed E-state index contributed by atoms with van der Waals surface area (Å²) in [7, 11) is 0. The van der Waals surface area contributed by atoms with Crippen LogP contribution in [0.3, 0.4) is 0 Å². The minimum Gasteiger partial charge on any atom is -0.478 e. The van der Waals surface area contributed by atoms with Crippen LogP contribution in [0, 0.1) is 5.92 Å². The van der Waals surface area contributed by atoms with Gasteiger partial charge in [-0.15, -0.1) is 0 Å². The Morgan fingerprint density at radius 3 is 2.50 bits per heavy atom. The van der Waals surface area contributed by atoms with Gasteiger partial charge in [0.05, 0.1) is 18.1 Å². The molecule has 0 radical (unpaired) electrons. The topological polar surface area (TPSA) is 119 Å². The second kappa shape index (κ2) is 7.04. The summed E-state index contributed by atoms with van der Waals surface area (Å²) in [5, 5.41) is 11.5. The van der Waals surface area contributed by atoms with Crippen molar-refractivity contribution in [2.45, 2.75) is 18.9 Å². The van der Waals surface area contributed by atoms with Crippen LogP contribution in [0.25, 0.3) is 0 Å². The molecular weight excluding hydrogens is 288 g/mol. The van der Waals surface area contributed by atoms with Crippen LogP contribution in [0.2, 0.25) is 0 Å². The number of carbonyl (C=O) groups is 3. The highest BCUT2D eigenvalue weighted by Crippen LogP contribution is 2.13. The molecule has 1 fully saturated rings. The van der Waals surface area contributed by atoms with Crippen LogP contribution in [0.15, 0.2) is 24.3 Å². The van der Waals surface area contributed by atoms with Gasteiger partial charge in [-0.2, -0.15) is 0 Å². The van der Waals surface area contributed by atoms with Crippen molar-refractivity contribution in [2.24, 2.45) is 11.7 Å². The molecule has 7 heteroatoms. The maximum atomic E-state index is 12.0. The number of nitrogens with two attached hydrogens (primary N) is 1. The van der Waals surface area contributed by atoms with E-state index in [0.29, 0.717) is 19.6 Å². The van der Waals surface area contributed by atoms with Crippen LogP contribution in [-0.2, 0) is 20.7 Å². The number of amides is 2. The number of nitrogens with one attached hydrogen (secondary N) is 1. The predicted molar refractivity (Wildman–Crippen MR) is 77.2 cm³/mol. The number of primary amides is 1.